The standard InChI is InChI=1S/C17H33OP/c1-2-3-4-5-6-7-8-9-10-11-12-13-14-15-16-17-18-19/h2,5-17,19H2,1H3. The van der Waals surface area contributed by atoms with E-state index in [1.165, 1.54) is 70.6 Å². The maximum atomic E-state index is 4.96. The Labute approximate surface area is 123 Å². The molecule has 19 heavy (non-hydrogen) atoms. The first kappa shape index (κ1) is 18.9. The topological polar surface area (TPSA) is 9.23 Å². The van der Waals surface area contributed by atoms with Gasteiger partial charge in [0.15, 0.2) is 0 Å². The van der Waals surface area contributed by atoms with Crippen LogP contribution in [0.2, 0.25) is 0 Å². The summed E-state index contributed by atoms with van der Waals surface area (Å²) in [5.41, 5.74) is 0. The summed E-state index contributed by atoms with van der Waals surface area (Å²) in [7, 11) is 2.32. The lowest BCUT2D eigenvalue weighted by Crippen LogP contribution is -1.85. The summed E-state index contributed by atoms with van der Waals surface area (Å²) in [4.78, 5) is 0. The molecule has 112 valence electrons. The van der Waals surface area contributed by atoms with Crippen LogP contribution in [0.4, 0.5) is 0 Å². The van der Waals surface area contributed by atoms with E-state index in [1.54, 1.807) is 0 Å². The van der Waals surface area contributed by atoms with E-state index in [4.69, 9.17) is 4.52 Å². The van der Waals surface area contributed by atoms with E-state index in [0.29, 0.717) is 0 Å². The summed E-state index contributed by atoms with van der Waals surface area (Å²) in [6.07, 6.45) is 17.2. The molecule has 0 aromatic carbocycles. The highest BCUT2D eigenvalue weighted by atomic mass is 31.0. The Hall–Kier alpha value is -0.0500. The van der Waals surface area contributed by atoms with Crippen LogP contribution in [0.3, 0.4) is 0 Å². The van der Waals surface area contributed by atoms with Gasteiger partial charge in [-0.25, -0.2) is 0 Å². The van der Waals surface area contributed by atoms with Gasteiger partial charge in [-0.2, -0.15) is 0 Å². The van der Waals surface area contributed by atoms with Crippen molar-refractivity contribution in [2.24, 2.45) is 0 Å². The molecular formula is C17H33OP. The lowest BCUT2D eigenvalue weighted by atomic mass is 10.1. The molecule has 2 heteroatoms. The maximum Gasteiger partial charge on any atom is 0.0501 e. The van der Waals surface area contributed by atoms with Gasteiger partial charge in [-0.3, -0.25) is 0 Å². The van der Waals surface area contributed by atoms with Crippen molar-refractivity contribution in [2.75, 3.05) is 6.61 Å². The van der Waals surface area contributed by atoms with Crippen molar-refractivity contribution in [3.8, 4) is 11.8 Å². The quantitative estimate of drug-likeness (QED) is 0.233. The zero-order chi connectivity index (χ0) is 14.0. The van der Waals surface area contributed by atoms with Crippen LogP contribution < -0.4 is 0 Å². The largest absolute Gasteiger partial charge is 0.366 e. The molecule has 0 spiro atoms. The Morgan fingerprint density at radius 1 is 0.684 bits per heavy atom. The fraction of sp³-hybridized carbons (Fsp3) is 0.882. The van der Waals surface area contributed by atoms with E-state index in [2.05, 4.69) is 28.2 Å². The lowest BCUT2D eigenvalue weighted by Gasteiger charge is -2.02. The molecule has 0 bridgehead atoms. The first-order valence-electron chi connectivity index (χ1n) is 8.19. The average Bonchev–Trinajstić information content (AvgIpc) is 2.43. The second kappa shape index (κ2) is 17.9. The molecule has 0 aliphatic rings. The van der Waals surface area contributed by atoms with Crippen LogP contribution >= 0.6 is 9.47 Å². The van der Waals surface area contributed by atoms with E-state index in [-0.39, 0.29) is 0 Å². The third-order valence-corrected chi connectivity index (χ3v) is 3.60. The summed E-state index contributed by atoms with van der Waals surface area (Å²) in [6.45, 7) is 3.01. The van der Waals surface area contributed by atoms with Crippen LogP contribution in [0.1, 0.15) is 90.4 Å². The van der Waals surface area contributed by atoms with Gasteiger partial charge in [0.2, 0.25) is 0 Å². The zero-order valence-corrected chi connectivity index (χ0v) is 14.0. The van der Waals surface area contributed by atoms with Crippen molar-refractivity contribution in [1.82, 2.24) is 0 Å². The van der Waals surface area contributed by atoms with Gasteiger partial charge >= 0.3 is 0 Å². The van der Waals surface area contributed by atoms with Gasteiger partial charge in [-0.15, -0.1) is 11.8 Å². The molecule has 0 aliphatic carbocycles. The second-order valence-electron chi connectivity index (χ2n) is 5.22. The first-order chi connectivity index (χ1) is 9.41. The van der Waals surface area contributed by atoms with Crippen molar-refractivity contribution >= 4 is 9.47 Å². The highest BCUT2D eigenvalue weighted by Gasteiger charge is 1.93. The predicted molar refractivity (Wildman–Crippen MR) is 89.1 cm³/mol. The molecule has 0 saturated carbocycles. The third kappa shape index (κ3) is 17.9. The van der Waals surface area contributed by atoms with Gasteiger partial charge < -0.3 is 4.52 Å². The third-order valence-electron chi connectivity index (χ3n) is 3.37. The van der Waals surface area contributed by atoms with Crippen LogP contribution in [-0.4, -0.2) is 6.61 Å². The fourth-order valence-electron chi connectivity index (χ4n) is 2.20. The average molecular weight is 284 g/mol. The van der Waals surface area contributed by atoms with Gasteiger partial charge in [0.1, 0.15) is 0 Å². The SMILES string of the molecule is CCC#CCCCCCCCCCCCCCOP. The molecule has 0 N–H and O–H groups in total. The summed E-state index contributed by atoms with van der Waals surface area (Å²) in [6, 6.07) is 0. The Balaban J connectivity index is 2.95. The van der Waals surface area contributed by atoms with Crippen molar-refractivity contribution in [3.05, 3.63) is 0 Å². The lowest BCUT2D eigenvalue weighted by molar-refractivity contribution is 0.352. The van der Waals surface area contributed by atoms with E-state index < -0.39 is 0 Å². The fourth-order valence-corrected chi connectivity index (χ4v) is 2.37. The van der Waals surface area contributed by atoms with Crippen LogP contribution in [0.25, 0.3) is 0 Å². The molecule has 1 unspecified atom stereocenters. The van der Waals surface area contributed by atoms with Gasteiger partial charge in [-0.1, -0.05) is 64.7 Å². The molecule has 0 heterocycles. The monoisotopic (exact) mass is 284 g/mol. The Morgan fingerprint density at radius 2 is 1.16 bits per heavy atom. The van der Waals surface area contributed by atoms with Gasteiger partial charge in [0.05, 0.1) is 6.61 Å². The molecule has 0 saturated heterocycles. The molecule has 1 nitrogen and oxygen atoms in total. The molecule has 0 amide bonds. The molecule has 0 aromatic heterocycles. The number of hydrogen-bond acceptors (Lipinski definition) is 1. The number of hydrogen-bond donors (Lipinski definition) is 0. The van der Waals surface area contributed by atoms with Crippen LogP contribution in [0.5, 0.6) is 0 Å². The van der Waals surface area contributed by atoms with E-state index >= 15 is 0 Å². The minimum atomic E-state index is 0.896. The van der Waals surface area contributed by atoms with E-state index in [1.807, 2.05) is 0 Å². The van der Waals surface area contributed by atoms with Crippen molar-refractivity contribution in [1.29, 1.82) is 0 Å². The van der Waals surface area contributed by atoms with E-state index in [0.717, 1.165) is 19.4 Å². The Kier molecular flexibility index (Phi) is 17.9. The summed E-state index contributed by atoms with van der Waals surface area (Å²) < 4.78 is 4.96. The summed E-state index contributed by atoms with van der Waals surface area (Å²) in [5, 5.41) is 0. The predicted octanol–water partition coefficient (Wildman–Crippen LogP) is 5.89. The zero-order valence-electron chi connectivity index (χ0n) is 12.9. The molecular weight excluding hydrogens is 251 g/mol. The smallest absolute Gasteiger partial charge is 0.0501 e. The van der Waals surface area contributed by atoms with Crippen LogP contribution in [0, 0.1) is 11.8 Å². The minimum absolute atomic E-state index is 0.896. The summed E-state index contributed by atoms with van der Waals surface area (Å²) >= 11 is 0. The normalized spacial score (nSPS) is 10.2. The molecule has 0 fully saturated rings. The van der Waals surface area contributed by atoms with Crippen LogP contribution in [0.15, 0.2) is 0 Å². The van der Waals surface area contributed by atoms with Crippen molar-refractivity contribution < 1.29 is 4.52 Å². The number of unbranched alkanes of at least 4 members (excludes halogenated alkanes) is 11. The van der Waals surface area contributed by atoms with Crippen molar-refractivity contribution in [2.45, 2.75) is 90.4 Å². The maximum absolute atomic E-state index is 4.96. The van der Waals surface area contributed by atoms with Crippen LogP contribution in [-0.2, 0) is 4.52 Å². The van der Waals surface area contributed by atoms with Gasteiger partial charge in [-0.05, 0) is 12.8 Å². The minimum Gasteiger partial charge on any atom is -0.366 e. The first-order valence-corrected chi connectivity index (χ1v) is 8.66. The number of rotatable bonds is 13. The van der Waals surface area contributed by atoms with Crippen molar-refractivity contribution in [3.63, 3.8) is 0 Å². The van der Waals surface area contributed by atoms with Gasteiger partial charge in [0, 0.05) is 22.3 Å². The highest BCUT2D eigenvalue weighted by Crippen LogP contribution is 2.12. The molecule has 0 aromatic rings. The molecule has 0 aliphatic heterocycles. The Morgan fingerprint density at radius 3 is 1.63 bits per heavy atom. The van der Waals surface area contributed by atoms with Gasteiger partial charge in [0.25, 0.3) is 0 Å². The highest BCUT2D eigenvalue weighted by molar-refractivity contribution is 7.09. The second-order valence-corrected chi connectivity index (χ2v) is 5.55. The molecule has 0 radical (unpaired) electrons. The summed E-state index contributed by atoms with van der Waals surface area (Å²) in [5.74, 6) is 6.35. The molecule has 0 rings (SSSR count). The van der Waals surface area contributed by atoms with E-state index in [9.17, 15) is 0 Å². The Bertz CT molecular complexity index is 217. The molecule has 1 atom stereocenters.